The second kappa shape index (κ2) is 5.11. The maximum absolute atomic E-state index is 12.3. The summed E-state index contributed by atoms with van der Waals surface area (Å²) < 4.78 is 10.6. The lowest BCUT2D eigenvalue weighted by atomic mass is 10.1. The minimum atomic E-state index is 0.235. The van der Waals surface area contributed by atoms with Crippen molar-refractivity contribution in [3.8, 4) is 11.5 Å². The highest BCUT2D eigenvalue weighted by Gasteiger charge is 2.25. The zero-order chi connectivity index (χ0) is 13.2. The van der Waals surface area contributed by atoms with Crippen molar-refractivity contribution >= 4 is 5.91 Å². The van der Waals surface area contributed by atoms with Crippen LogP contribution in [0.25, 0.3) is 0 Å². The van der Waals surface area contributed by atoms with Crippen molar-refractivity contribution in [3.05, 3.63) is 23.8 Å². The maximum Gasteiger partial charge on any atom is 0.231 e. The SMILES string of the molecule is CN(Cc1ccc2c(c1)OCO2)C(=O)C1CCCC1. The largest absolute Gasteiger partial charge is 0.454 e. The van der Waals surface area contributed by atoms with Crippen LogP contribution >= 0.6 is 0 Å². The minimum Gasteiger partial charge on any atom is -0.454 e. The van der Waals surface area contributed by atoms with Crippen LogP contribution in [0.2, 0.25) is 0 Å². The average molecular weight is 261 g/mol. The lowest BCUT2D eigenvalue weighted by Gasteiger charge is -2.21. The van der Waals surface area contributed by atoms with Crippen molar-refractivity contribution in [2.45, 2.75) is 32.2 Å². The third-order valence-electron chi connectivity index (χ3n) is 3.94. The van der Waals surface area contributed by atoms with E-state index in [0.29, 0.717) is 6.54 Å². The number of rotatable bonds is 3. The molecule has 102 valence electrons. The summed E-state index contributed by atoms with van der Waals surface area (Å²) in [4.78, 5) is 14.1. The Hall–Kier alpha value is -1.71. The molecular weight excluding hydrogens is 242 g/mol. The Labute approximate surface area is 113 Å². The van der Waals surface area contributed by atoms with E-state index in [-0.39, 0.29) is 18.6 Å². The molecular formula is C15H19NO3. The summed E-state index contributed by atoms with van der Waals surface area (Å²) >= 11 is 0. The van der Waals surface area contributed by atoms with Gasteiger partial charge in [-0.1, -0.05) is 18.9 Å². The van der Waals surface area contributed by atoms with Crippen LogP contribution in [0.4, 0.5) is 0 Å². The van der Waals surface area contributed by atoms with Gasteiger partial charge >= 0.3 is 0 Å². The maximum atomic E-state index is 12.3. The van der Waals surface area contributed by atoms with Gasteiger partial charge in [0.15, 0.2) is 11.5 Å². The molecule has 1 heterocycles. The number of amides is 1. The van der Waals surface area contributed by atoms with E-state index in [9.17, 15) is 4.79 Å². The first kappa shape index (κ1) is 12.3. The van der Waals surface area contributed by atoms with E-state index in [2.05, 4.69) is 0 Å². The normalized spacial score (nSPS) is 17.7. The van der Waals surface area contributed by atoms with Crippen molar-refractivity contribution in [2.75, 3.05) is 13.8 Å². The smallest absolute Gasteiger partial charge is 0.231 e. The Balaban J connectivity index is 1.65. The van der Waals surface area contributed by atoms with Crippen molar-refractivity contribution in [2.24, 2.45) is 5.92 Å². The number of ether oxygens (including phenoxy) is 2. The topological polar surface area (TPSA) is 38.8 Å². The van der Waals surface area contributed by atoms with Gasteiger partial charge in [0.1, 0.15) is 0 Å². The first-order chi connectivity index (χ1) is 9.24. The van der Waals surface area contributed by atoms with Gasteiger partial charge in [0.05, 0.1) is 0 Å². The highest BCUT2D eigenvalue weighted by Crippen LogP contribution is 2.33. The van der Waals surface area contributed by atoms with Gasteiger partial charge in [-0.05, 0) is 30.5 Å². The molecule has 0 N–H and O–H groups in total. The summed E-state index contributed by atoms with van der Waals surface area (Å²) in [5, 5.41) is 0. The van der Waals surface area contributed by atoms with Crippen LogP contribution in [0, 0.1) is 5.92 Å². The fraction of sp³-hybridized carbons (Fsp3) is 0.533. The number of carbonyl (C=O) groups excluding carboxylic acids is 1. The Morgan fingerprint density at radius 2 is 2.00 bits per heavy atom. The van der Waals surface area contributed by atoms with Gasteiger partial charge in [-0.25, -0.2) is 0 Å². The fourth-order valence-electron chi connectivity index (χ4n) is 2.88. The molecule has 1 aromatic rings. The van der Waals surface area contributed by atoms with Crippen molar-refractivity contribution in [1.29, 1.82) is 0 Å². The molecule has 1 fully saturated rings. The zero-order valence-electron chi connectivity index (χ0n) is 11.2. The van der Waals surface area contributed by atoms with Crippen LogP contribution < -0.4 is 9.47 Å². The molecule has 0 radical (unpaired) electrons. The third-order valence-corrected chi connectivity index (χ3v) is 3.94. The number of hydrogen-bond acceptors (Lipinski definition) is 3. The number of benzene rings is 1. The molecule has 4 nitrogen and oxygen atoms in total. The number of carbonyl (C=O) groups is 1. The average Bonchev–Trinajstić information content (AvgIpc) is 3.08. The molecule has 0 aromatic heterocycles. The predicted octanol–water partition coefficient (Wildman–Crippen LogP) is 2.56. The first-order valence-corrected chi connectivity index (χ1v) is 6.87. The van der Waals surface area contributed by atoms with Crippen molar-refractivity contribution in [3.63, 3.8) is 0 Å². The van der Waals surface area contributed by atoms with Gasteiger partial charge in [-0.2, -0.15) is 0 Å². The lowest BCUT2D eigenvalue weighted by molar-refractivity contribution is -0.134. The molecule has 0 saturated heterocycles. The van der Waals surface area contributed by atoms with E-state index >= 15 is 0 Å². The Bertz CT molecular complexity index is 480. The molecule has 0 spiro atoms. The van der Waals surface area contributed by atoms with Crippen molar-refractivity contribution < 1.29 is 14.3 Å². The third kappa shape index (κ3) is 2.53. The highest BCUT2D eigenvalue weighted by atomic mass is 16.7. The van der Waals surface area contributed by atoms with Crippen LogP contribution in [-0.4, -0.2) is 24.6 Å². The first-order valence-electron chi connectivity index (χ1n) is 6.87. The van der Waals surface area contributed by atoms with E-state index in [1.807, 2.05) is 30.1 Å². The molecule has 2 aliphatic rings. The fourth-order valence-corrected chi connectivity index (χ4v) is 2.88. The molecule has 1 aromatic carbocycles. The summed E-state index contributed by atoms with van der Waals surface area (Å²) in [6.07, 6.45) is 4.47. The Kier molecular flexibility index (Phi) is 3.32. The molecule has 1 amide bonds. The van der Waals surface area contributed by atoms with Crippen LogP contribution in [0.15, 0.2) is 18.2 Å². The standard InChI is InChI=1S/C15H19NO3/c1-16(15(17)12-4-2-3-5-12)9-11-6-7-13-14(8-11)19-10-18-13/h6-8,12H,2-5,9-10H2,1H3. The number of hydrogen-bond donors (Lipinski definition) is 0. The molecule has 1 saturated carbocycles. The van der Waals surface area contributed by atoms with Gasteiger partial charge in [0.25, 0.3) is 0 Å². The Morgan fingerprint density at radius 1 is 1.26 bits per heavy atom. The van der Waals surface area contributed by atoms with E-state index in [1.54, 1.807) is 0 Å². The van der Waals surface area contributed by atoms with Crippen molar-refractivity contribution in [1.82, 2.24) is 4.90 Å². The van der Waals surface area contributed by atoms with E-state index in [1.165, 1.54) is 12.8 Å². The highest BCUT2D eigenvalue weighted by molar-refractivity contribution is 5.78. The summed E-state index contributed by atoms with van der Waals surface area (Å²) in [7, 11) is 1.88. The molecule has 3 rings (SSSR count). The van der Waals surface area contributed by atoms with Crippen LogP contribution in [0.1, 0.15) is 31.2 Å². The summed E-state index contributed by atoms with van der Waals surface area (Å²) in [5.74, 6) is 2.07. The molecule has 4 heteroatoms. The number of nitrogens with zero attached hydrogens (tertiary/aromatic N) is 1. The van der Waals surface area contributed by atoms with Gasteiger partial charge in [-0.3, -0.25) is 4.79 Å². The summed E-state index contributed by atoms with van der Waals surface area (Å²) in [6, 6.07) is 5.86. The van der Waals surface area contributed by atoms with Crippen LogP contribution in [0.3, 0.4) is 0 Å². The zero-order valence-corrected chi connectivity index (χ0v) is 11.2. The monoisotopic (exact) mass is 261 g/mol. The second-order valence-corrected chi connectivity index (χ2v) is 5.36. The molecule has 0 atom stereocenters. The lowest BCUT2D eigenvalue weighted by Crippen LogP contribution is -2.31. The number of fused-ring (bicyclic) bond motifs is 1. The van der Waals surface area contributed by atoms with E-state index in [4.69, 9.17) is 9.47 Å². The molecule has 0 unspecified atom stereocenters. The van der Waals surface area contributed by atoms with E-state index < -0.39 is 0 Å². The quantitative estimate of drug-likeness (QED) is 0.839. The van der Waals surface area contributed by atoms with Gasteiger partial charge in [0, 0.05) is 19.5 Å². The van der Waals surface area contributed by atoms with Gasteiger partial charge < -0.3 is 14.4 Å². The van der Waals surface area contributed by atoms with Crippen LogP contribution in [0.5, 0.6) is 11.5 Å². The summed E-state index contributed by atoms with van der Waals surface area (Å²) in [5.41, 5.74) is 1.08. The molecule has 1 aliphatic heterocycles. The molecule has 0 bridgehead atoms. The summed E-state index contributed by atoms with van der Waals surface area (Å²) in [6.45, 7) is 0.918. The van der Waals surface area contributed by atoms with E-state index in [0.717, 1.165) is 29.9 Å². The second-order valence-electron chi connectivity index (χ2n) is 5.36. The Morgan fingerprint density at radius 3 is 2.79 bits per heavy atom. The van der Waals surface area contributed by atoms with Crippen LogP contribution in [-0.2, 0) is 11.3 Å². The molecule has 1 aliphatic carbocycles. The molecule has 19 heavy (non-hydrogen) atoms. The minimum absolute atomic E-state index is 0.235. The van der Waals surface area contributed by atoms with Gasteiger partial charge in [-0.15, -0.1) is 0 Å². The van der Waals surface area contributed by atoms with Gasteiger partial charge in [0.2, 0.25) is 12.7 Å². The predicted molar refractivity (Wildman–Crippen MR) is 71.0 cm³/mol.